The topological polar surface area (TPSA) is 110 Å². The van der Waals surface area contributed by atoms with Gasteiger partial charge in [0.25, 0.3) is 0 Å². The van der Waals surface area contributed by atoms with Gasteiger partial charge in [-0.15, -0.1) is 0 Å². The molecule has 3 aromatic rings. The molecule has 0 radical (unpaired) electrons. The van der Waals surface area contributed by atoms with Gasteiger partial charge in [-0.1, -0.05) is 12.1 Å². The number of methoxy groups -OCH3 is 3. The van der Waals surface area contributed by atoms with Gasteiger partial charge in [0.05, 0.1) is 33.2 Å². The molecule has 0 fully saturated rings. The molecule has 3 N–H and O–H groups in total. The van der Waals surface area contributed by atoms with Gasteiger partial charge in [0, 0.05) is 18.9 Å². The Hall–Kier alpha value is -4.08. The van der Waals surface area contributed by atoms with Crippen LogP contribution in [0.2, 0.25) is 0 Å². The molecule has 2 aromatic carbocycles. The van der Waals surface area contributed by atoms with E-state index in [2.05, 4.69) is 10.3 Å². The van der Waals surface area contributed by atoms with E-state index in [4.69, 9.17) is 14.2 Å². The number of nitrogens with one attached hydrogen (secondary N) is 1. The molecular weight excluding hydrogens is 471 g/mol. The predicted octanol–water partition coefficient (Wildman–Crippen LogP) is 2.82. The monoisotopic (exact) mass is 500 g/mol. The van der Waals surface area contributed by atoms with Gasteiger partial charge in [0.2, 0.25) is 5.91 Å². The third kappa shape index (κ3) is 5.53. The van der Waals surface area contributed by atoms with Crippen LogP contribution in [0.3, 0.4) is 0 Å². The van der Waals surface area contributed by atoms with E-state index in [1.807, 2.05) is 43.3 Å². The number of aromatic nitrogens is 1. The second kappa shape index (κ2) is 11.3. The summed E-state index contributed by atoms with van der Waals surface area (Å²) in [7, 11) is 2.79. The summed E-state index contributed by atoms with van der Waals surface area (Å²) in [6, 6.07) is 13.0. The van der Waals surface area contributed by atoms with Crippen LogP contribution in [0.4, 0.5) is 0 Å². The maximum absolute atomic E-state index is 12.9. The van der Waals surface area contributed by atoms with Crippen molar-refractivity contribution in [1.29, 1.82) is 0 Å². The van der Waals surface area contributed by atoms with Crippen LogP contribution < -0.4 is 25.0 Å². The molecule has 0 atom stereocenters. The Morgan fingerprint density at radius 1 is 1.03 bits per heavy atom. The number of carbonyl (C=O) groups is 1. The molecule has 8 nitrogen and oxygen atoms in total. The first kappa shape index (κ1) is 26.0. The smallest absolute Gasteiger partial charge is 0.496 e. The summed E-state index contributed by atoms with van der Waals surface area (Å²) < 4.78 is 16.3. The summed E-state index contributed by atoms with van der Waals surface area (Å²) >= 11 is 0. The largest absolute Gasteiger partial charge is 0.497 e. The van der Waals surface area contributed by atoms with Crippen molar-refractivity contribution < 1.29 is 29.1 Å². The van der Waals surface area contributed by atoms with Crippen LogP contribution in [0.1, 0.15) is 35.6 Å². The van der Waals surface area contributed by atoms with Crippen LogP contribution in [0.25, 0.3) is 17.2 Å². The van der Waals surface area contributed by atoms with Gasteiger partial charge >= 0.3 is 7.12 Å². The quantitative estimate of drug-likeness (QED) is 0.388. The van der Waals surface area contributed by atoms with E-state index in [1.165, 1.54) is 14.2 Å². The Morgan fingerprint density at radius 2 is 1.76 bits per heavy atom. The molecule has 1 amide bonds. The van der Waals surface area contributed by atoms with Gasteiger partial charge in [0.15, 0.2) is 0 Å². The molecule has 37 heavy (non-hydrogen) atoms. The minimum atomic E-state index is -1.75. The second-order valence-electron chi connectivity index (χ2n) is 8.60. The zero-order valence-electron chi connectivity index (χ0n) is 21.2. The van der Waals surface area contributed by atoms with E-state index < -0.39 is 7.12 Å². The fourth-order valence-corrected chi connectivity index (χ4v) is 4.51. The fourth-order valence-electron chi connectivity index (χ4n) is 4.51. The maximum Gasteiger partial charge on any atom is 0.496 e. The molecule has 0 bridgehead atoms. The summed E-state index contributed by atoms with van der Waals surface area (Å²) in [6.07, 6.45) is 5.59. The van der Waals surface area contributed by atoms with Gasteiger partial charge < -0.3 is 29.6 Å². The molecule has 4 rings (SSSR count). The van der Waals surface area contributed by atoms with Crippen molar-refractivity contribution in [2.24, 2.45) is 0 Å². The number of benzene rings is 2. The fraction of sp³-hybridized carbons (Fsp3) is 0.214. The SMILES string of the molecule is COc1ccc2c(c1)C(CC(=O)NCc1cccnc1)=C(C)C2=Cc1cc(OC)c(B(O)O)c(OC)c1. The summed E-state index contributed by atoms with van der Waals surface area (Å²) in [4.78, 5) is 17.0. The van der Waals surface area contributed by atoms with Gasteiger partial charge in [-0.3, -0.25) is 9.78 Å². The normalized spacial score (nSPS) is 13.4. The van der Waals surface area contributed by atoms with Crippen LogP contribution in [-0.4, -0.2) is 49.4 Å². The lowest BCUT2D eigenvalue weighted by Crippen LogP contribution is -2.32. The maximum atomic E-state index is 12.9. The number of rotatable bonds is 9. The van der Waals surface area contributed by atoms with Gasteiger partial charge in [-0.2, -0.15) is 0 Å². The van der Waals surface area contributed by atoms with Crippen LogP contribution >= 0.6 is 0 Å². The molecule has 0 unspecified atom stereocenters. The van der Waals surface area contributed by atoms with Crippen molar-refractivity contribution in [1.82, 2.24) is 10.3 Å². The molecule has 9 heteroatoms. The molecule has 0 saturated carbocycles. The van der Waals surface area contributed by atoms with Crippen LogP contribution in [0.15, 0.2) is 60.4 Å². The van der Waals surface area contributed by atoms with Crippen LogP contribution in [0, 0.1) is 0 Å². The summed E-state index contributed by atoms with van der Waals surface area (Å²) in [5, 5.41) is 22.6. The van der Waals surface area contributed by atoms with Gasteiger partial charge in [-0.25, -0.2) is 0 Å². The number of allylic oxidation sites excluding steroid dienone is 2. The van der Waals surface area contributed by atoms with E-state index >= 15 is 0 Å². The predicted molar refractivity (Wildman–Crippen MR) is 144 cm³/mol. The number of hydrogen-bond donors (Lipinski definition) is 3. The first-order valence-corrected chi connectivity index (χ1v) is 11.7. The molecule has 0 saturated heterocycles. The molecule has 0 spiro atoms. The molecule has 1 heterocycles. The first-order valence-electron chi connectivity index (χ1n) is 11.7. The molecule has 1 aromatic heterocycles. The van der Waals surface area contributed by atoms with Gasteiger partial charge in [-0.05, 0) is 82.3 Å². The third-order valence-corrected chi connectivity index (χ3v) is 6.38. The molecule has 0 aliphatic heterocycles. The standard InChI is InChI=1S/C28H29BN2O6/c1-17-22(10-19-11-25(36-3)28(29(33)34)26(12-19)37-4)21-8-7-20(35-2)13-24(21)23(17)14-27(32)31-16-18-6-5-9-30-15-18/h5-13,15,33-34H,14,16H2,1-4H3,(H,31,32). The lowest BCUT2D eigenvalue weighted by atomic mass is 9.78. The zero-order valence-corrected chi connectivity index (χ0v) is 21.2. The lowest BCUT2D eigenvalue weighted by Gasteiger charge is -2.14. The Kier molecular flexibility index (Phi) is 7.96. The van der Waals surface area contributed by atoms with Crippen molar-refractivity contribution in [2.45, 2.75) is 19.9 Å². The van der Waals surface area contributed by atoms with Crippen molar-refractivity contribution in [3.63, 3.8) is 0 Å². The summed E-state index contributed by atoms with van der Waals surface area (Å²) in [6.45, 7) is 2.39. The summed E-state index contributed by atoms with van der Waals surface area (Å²) in [5.74, 6) is 1.19. The number of ether oxygens (including phenoxy) is 3. The average molecular weight is 500 g/mol. The number of fused-ring (bicyclic) bond motifs is 1. The highest BCUT2D eigenvalue weighted by molar-refractivity contribution is 6.61. The highest BCUT2D eigenvalue weighted by Gasteiger charge is 2.27. The number of nitrogens with zero attached hydrogens (tertiary/aromatic N) is 1. The van der Waals surface area contributed by atoms with Crippen LogP contribution in [-0.2, 0) is 11.3 Å². The number of hydrogen-bond acceptors (Lipinski definition) is 7. The van der Waals surface area contributed by atoms with E-state index in [0.29, 0.717) is 23.8 Å². The first-order chi connectivity index (χ1) is 17.9. The van der Waals surface area contributed by atoms with E-state index in [0.717, 1.165) is 39.0 Å². The molecule has 190 valence electrons. The zero-order chi connectivity index (χ0) is 26.5. The Balaban J connectivity index is 1.72. The number of pyridine rings is 1. The van der Waals surface area contributed by atoms with Crippen LogP contribution in [0.5, 0.6) is 17.2 Å². The second-order valence-corrected chi connectivity index (χ2v) is 8.60. The van der Waals surface area contributed by atoms with E-state index in [9.17, 15) is 14.8 Å². The van der Waals surface area contributed by atoms with Crippen molar-refractivity contribution in [2.75, 3.05) is 21.3 Å². The Labute approximate surface area is 216 Å². The molecule has 1 aliphatic carbocycles. The minimum Gasteiger partial charge on any atom is -0.497 e. The number of carbonyl (C=O) groups excluding carboxylic acids is 1. The molecular formula is C28H29BN2O6. The van der Waals surface area contributed by atoms with Gasteiger partial charge in [0.1, 0.15) is 17.2 Å². The Morgan fingerprint density at radius 3 is 2.35 bits per heavy atom. The van der Waals surface area contributed by atoms with Crippen molar-refractivity contribution in [3.8, 4) is 17.2 Å². The van der Waals surface area contributed by atoms with Crippen molar-refractivity contribution in [3.05, 3.63) is 82.7 Å². The summed E-state index contributed by atoms with van der Waals surface area (Å²) in [5.41, 5.74) is 6.54. The number of amides is 1. The third-order valence-electron chi connectivity index (χ3n) is 6.38. The van der Waals surface area contributed by atoms with E-state index in [1.54, 1.807) is 31.6 Å². The highest BCUT2D eigenvalue weighted by atomic mass is 16.5. The van der Waals surface area contributed by atoms with E-state index in [-0.39, 0.29) is 17.8 Å². The lowest BCUT2D eigenvalue weighted by molar-refractivity contribution is -0.120. The average Bonchev–Trinajstić information content (AvgIpc) is 3.16. The Bertz CT molecular complexity index is 1340. The molecule has 1 aliphatic rings. The highest BCUT2D eigenvalue weighted by Crippen LogP contribution is 2.45. The minimum absolute atomic E-state index is 0.0992. The van der Waals surface area contributed by atoms with Crippen molar-refractivity contribution >= 4 is 35.7 Å².